The SMILES string of the molecule is Cc1noc(CC2(O)CCCN(Cc3ccc(N4CCCC4)nc3)C2)n1. The molecular weight excluding hydrogens is 330 g/mol. The third kappa shape index (κ3) is 4.04. The second-order valence-electron chi connectivity index (χ2n) is 7.67. The van der Waals surface area contributed by atoms with Gasteiger partial charge in [0.2, 0.25) is 5.89 Å². The largest absolute Gasteiger partial charge is 0.388 e. The van der Waals surface area contributed by atoms with Gasteiger partial charge in [0.25, 0.3) is 0 Å². The van der Waals surface area contributed by atoms with Gasteiger partial charge in [-0.25, -0.2) is 4.98 Å². The van der Waals surface area contributed by atoms with Crippen LogP contribution in [0.25, 0.3) is 0 Å². The van der Waals surface area contributed by atoms with Crippen LogP contribution in [0.15, 0.2) is 22.9 Å². The maximum absolute atomic E-state index is 11.0. The van der Waals surface area contributed by atoms with Gasteiger partial charge in [0.15, 0.2) is 5.82 Å². The molecule has 0 aromatic carbocycles. The molecule has 0 spiro atoms. The summed E-state index contributed by atoms with van der Waals surface area (Å²) in [5.74, 6) is 2.21. The quantitative estimate of drug-likeness (QED) is 0.876. The number of rotatable bonds is 5. The lowest BCUT2D eigenvalue weighted by molar-refractivity contribution is -0.0373. The van der Waals surface area contributed by atoms with Crippen LogP contribution in [0, 0.1) is 6.92 Å². The average Bonchev–Trinajstić information content (AvgIpc) is 3.27. The zero-order chi connectivity index (χ0) is 18.0. The highest BCUT2D eigenvalue weighted by Crippen LogP contribution is 2.26. The van der Waals surface area contributed by atoms with E-state index in [-0.39, 0.29) is 0 Å². The second kappa shape index (κ2) is 7.32. The Bertz CT molecular complexity index is 726. The third-order valence-corrected chi connectivity index (χ3v) is 5.33. The van der Waals surface area contributed by atoms with Crippen LogP contribution in [0.2, 0.25) is 0 Å². The van der Waals surface area contributed by atoms with Crippen molar-refractivity contribution >= 4 is 5.82 Å². The highest BCUT2D eigenvalue weighted by atomic mass is 16.5. The molecule has 2 aromatic heterocycles. The number of likely N-dealkylation sites (tertiary alicyclic amines) is 1. The third-order valence-electron chi connectivity index (χ3n) is 5.33. The van der Waals surface area contributed by atoms with Crippen LogP contribution in [0.3, 0.4) is 0 Å². The van der Waals surface area contributed by atoms with Crippen molar-refractivity contribution in [3.05, 3.63) is 35.6 Å². The number of aromatic nitrogens is 3. The minimum Gasteiger partial charge on any atom is -0.388 e. The van der Waals surface area contributed by atoms with E-state index in [2.05, 4.69) is 37.1 Å². The van der Waals surface area contributed by atoms with Gasteiger partial charge in [-0.15, -0.1) is 0 Å². The summed E-state index contributed by atoms with van der Waals surface area (Å²) in [6.07, 6.45) is 6.63. The Morgan fingerprint density at radius 1 is 1.19 bits per heavy atom. The zero-order valence-electron chi connectivity index (χ0n) is 15.4. The van der Waals surface area contributed by atoms with Crippen molar-refractivity contribution in [1.82, 2.24) is 20.0 Å². The predicted octanol–water partition coefficient (Wildman–Crippen LogP) is 1.94. The van der Waals surface area contributed by atoms with Gasteiger partial charge in [-0.3, -0.25) is 4.90 Å². The minimum atomic E-state index is -0.805. The van der Waals surface area contributed by atoms with Gasteiger partial charge in [0.1, 0.15) is 5.82 Å². The van der Waals surface area contributed by atoms with Gasteiger partial charge < -0.3 is 14.5 Å². The van der Waals surface area contributed by atoms with Crippen molar-refractivity contribution in [2.75, 3.05) is 31.1 Å². The van der Waals surface area contributed by atoms with E-state index in [1.54, 1.807) is 6.92 Å². The van der Waals surface area contributed by atoms with Gasteiger partial charge in [-0.05, 0) is 50.8 Å². The Hall–Kier alpha value is -1.99. The summed E-state index contributed by atoms with van der Waals surface area (Å²) in [6.45, 7) is 6.42. The predicted molar refractivity (Wildman–Crippen MR) is 97.9 cm³/mol. The van der Waals surface area contributed by atoms with Gasteiger partial charge in [-0.1, -0.05) is 11.2 Å². The van der Waals surface area contributed by atoms with Crippen molar-refractivity contribution in [3.8, 4) is 0 Å². The smallest absolute Gasteiger partial charge is 0.229 e. The molecule has 0 saturated carbocycles. The number of aryl methyl sites for hydroxylation is 1. The molecule has 2 aromatic rings. The molecule has 26 heavy (non-hydrogen) atoms. The fourth-order valence-corrected chi connectivity index (χ4v) is 4.08. The van der Waals surface area contributed by atoms with Crippen LogP contribution in [-0.2, 0) is 13.0 Å². The first-order chi connectivity index (χ1) is 12.6. The second-order valence-corrected chi connectivity index (χ2v) is 7.67. The van der Waals surface area contributed by atoms with Gasteiger partial charge in [-0.2, -0.15) is 4.98 Å². The number of piperidine rings is 1. The summed E-state index contributed by atoms with van der Waals surface area (Å²) in [7, 11) is 0. The van der Waals surface area contributed by atoms with Crippen LogP contribution in [0.4, 0.5) is 5.82 Å². The van der Waals surface area contributed by atoms with Crippen LogP contribution in [-0.4, -0.2) is 56.9 Å². The van der Waals surface area contributed by atoms with Crippen LogP contribution >= 0.6 is 0 Å². The molecule has 2 saturated heterocycles. The average molecular weight is 357 g/mol. The minimum absolute atomic E-state index is 0.413. The van der Waals surface area contributed by atoms with Crippen molar-refractivity contribution in [2.24, 2.45) is 0 Å². The molecule has 0 aliphatic carbocycles. The van der Waals surface area contributed by atoms with E-state index in [1.807, 2.05) is 6.20 Å². The monoisotopic (exact) mass is 357 g/mol. The standard InChI is InChI=1S/C19H27N5O2/c1-15-21-18(26-22-15)11-19(25)7-4-8-23(14-19)13-16-5-6-17(20-12-16)24-9-2-3-10-24/h5-6,12,25H,2-4,7-11,13-14H2,1H3. The lowest BCUT2D eigenvalue weighted by Gasteiger charge is -2.38. The molecule has 1 N–H and O–H groups in total. The molecule has 2 aliphatic rings. The Morgan fingerprint density at radius 3 is 2.73 bits per heavy atom. The number of aliphatic hydroxyl groups is 1. The number of β-amino-alcohol motifs (C(OH)–C–C–N with tert-alkyl or cyclic N) is 1. The van der Waals surface area contributed by atoms with Crippen LogP contribution in [0.5, 0.6) is 0 Å². The lowest BCUT2D eigenvalue weighted by Crippen LogP contribution is -2.49. The molecule has 0 radical (unpaired) electrons. The molecule has 7 nitrogen and oxygen atoms in total. The summed E-state index contributed by atoms with van der Waals surface area (Å²) in [4.78, 5) is 13.5. The van der Waals surface area contributed by atoms with Gasteiger partial charge in [0.05, 0.1) is 12.0 Å². The Labute approximate surface area is 154 Å². The molecule has 0 bridgehead atoms. The molecule has 7 heteroatoms. The van der Waals surface area contributed by atoms with Crippen molar-refractivity contribution in [2.45, 2.75) is 51.2 Å². The summed E-state index contributed by atoms with van der Waals surface area (Å²) < 4.78 is 5.19. The zero-order valence-corrected chi connectivity index (χ0v) is 15.4. The first-order valence-electron chi connectivity index (χ1n) is 9.53. The number of pyridine rings is 1. The number of nitrogens with zero attached hydrogens (tertiary/aromatic N) is 5. The molecular formula is C19H27N5O2. The summed E-state index contributed by atoms with van der Waals surface area (Å²) >= 11 is 0. The molecule has 0 amide bonds. The van der Waals surface area contributed by atoms with E-state index < -0.39 is 5.60 Å². The molecule has 4 rings (SSSR count). The maximum Gasteiger partial charge on any atom is 0.229 e. The molecule has 4 heterocycles. The summed E-state index contributed by atoms with van der Waals surface area (Å²) in [6, 6.07) is 4.29. The Morgan fingerprint density at radius 2 is 2.04 bits per heavy atom. The Balaban J connectivity index is 1.36. The van der Waals surface area contributed by atoms with Gasteiger partial charge in [0, 0.05) is 32.4 Å². The lowest BCUT2D eigenvalue weighted by atomic mass is 9.89. The topological polar surface area (TPSA) is 78.5 Å². The molecule has 2 aliphatic heterocycles. The first kappa shape index (κ1) is 17.4. The van der Waals surface area contributed by atoms with Crippen molar-refractivity contribution in [1.29, 1.82) is 0 Å². The van der Waals surface area contributed by atoms with E-state index in [1.165, 1.54) is 18.4 Å². The van der Waals surface area contributed by atoms with Gasteiger partial charge >= 0.3 is 0 Å². The first-order valence-corrected chi connectivity index (χ1v) is 9.53. The number of hydrogen-bond donors (Lipinski definition) is 1. The molecule has 2 fully saturated rings. The fraction of sp³-hybridized carbons (Fsp3) is 0.632. The van der Waals surface area contributed by atoms with E-state index in [0.717, 1.165) is 44.8 Å². The molecule has 140 valence electrons. The molecule has 1 atom stereocenters. The summed E-state index contributed by atoms with van der Waals surface area (Å²) in [5, 5.41) is 14.8. The van der Waals surface area contributed by atoms with Crippen molar-refractivity contribution in [3.63, 3.8) is 0 Å². The summed E-state index contributed by atoms with van der Waals surface area (Å²) in [5.41, 5.74) is 0.381. The van der Waals surface area contributed by atoms with Crippen LogP contribution in [0.1, 0.15) is 43.0 Å². The number of anilines is 1. The highest BCUT2D eigenvalue weighted by Gasteiger charge is 2.35. The van der Waals surface area contributed by atoms with E-state index in [0.29, 0.717) is 24.7 Å². The fourth-order valence-electron chi connectivity index (χ4n) is 4.08. The van der Waals surface area contributed by atoms with Crippen molar-refractivity contribution < 1.29 is 9.63 Å². The molecule has 1 unspecified atom stereocenters. The normalized spacial score (nSPS) is 24.3. The Kier molecular flexibility index (Phi) is 4.91. The highest BCUT2D eigenvalue weighted by molar-refractivity contribution is 5.40. The maximum atomic E-state index is 11.0. The van der Waals surface area contributed by atoms with Crippen LogP contribution < -0.4 is 4.90 Å². The van der Waals surface area contributed by atoms with E-state index >= 15 is 0 Å². The number of hydrogen-bond acceptors (Lipinski definition) is 7. The van der Waals surface area contributed by atoms with E-state index in [4.69, 9.17) is 4.52 Å². The van der Waals surface area contributed by atoms with E-state index in [9.17, 15) is 5.11 Å².